The second-order valence-corrected chi connectivity index (χ2v) is 4.44. The monoisotopic (exact) mass is 276 g/mol. The van der Waals surface area contributed by atoms with Gasteiger partial charge in [-0.05, 0) is 42.5 Å². The fourth-order valence-electron chi connectivity index (χ4n) is 2.00. The summed E-state index contributed by atoms with van der Waals surface area (Å²) in [5.74, 6) is 0.799. The number of methoxy groups -OCH3 is 1. The van der Waals surface area contributed by atoms with Gasteiger partial charge in [0.05, 0.1) is 30.6 Å². The summed E-state index contributed by atoms with van der Waals surface area (Å²) in [6.07, 6.45) is 1.83. The summed E-state index contributed by atoms with van der Waals surface area (Å²) >= 11 is 0. The molecule has 0 saturated carbocycles. The van der Waals surface area contributed by atoms with E-state index in [4.69, 9.17) is 10.00 Å². The molecule has 0 saturated heterocycles. The van der Waals surface area contributed by atoms with Gasteiger partial charge in [-0.3, -0.25) is 0 Å². The van der Waals surface area contributed by atoms with Crippen LogP contribution < -0.4 is 4.74 Å². The first-order chi connectivity index (χ1) is 10.3. The zero-order chi connectivity index (χ0) is 14.7. The van der Waals surface area contributed by atoms with E-state index in [1.54, 1.807) is 23.9 Å². The third-order valence-electron chi connectivity index (χ3n) is 3.12. The van der Waals surface area contributed by atoms with Crippen molar-refractivity contribution in [2.24, 2.45) is 0 Å². The predicted molar refractivity (Wildman–Crippen MR) is 78.1 cm³/mol. The SMILES string of the molecule is COc1ccc(-c2cn(-c3cccc(C#N)c3)nn2)cc1. The molecule has 1 heterocycles. The lowest BCUT2D eigenvalue weighted by molar-refractivity contribution is 0.415. The second-order valence-electron chi connectivity index (χ2n) is 4.44. The van der Waals surface area contributed by atoms with E-state index in [1.807, 2.05) is 42.6 Å². The summed E-state index contributed by atoms with van der Waals surface area (Å²) < 4.78 is 6.79. The maximum absolute atomic E-state index is 8.93. The highest BCUT2D eigenvalue weighted by molar-refractivity contribution is 5.59. The van der Waals surface area contributed by atoms with Crippen LogP contribution in [-0.4, -0.2) is 22.1 Å². The number of hydrogen-bond donors (Lipinski definition) is 0. The maximum Gasteiger partial charge on any atom is 0.118 e. The van der Waals surface area contributed by atoms with Crippen molar-refractivity contribution in [2.45, 2.75) is 0 Å². The molecule has 0 N–H and O–H groups in total. The molecule has 102 valence electrons. The zero-order valence-corrected chi connectivity index (χ0v) is 11.4. The van der Waals surface area contributed by atoms with Gasteiger partial charge >= 0.3 is 0 Å². The first-order valence-corrected chi connectivity index (χ1v) is 6.37. The number of hydrogen-bond acceptors (Lipinski definition) is 4. The molecule has 0 amide bonds. The smallest absolute Gasteiger partial charge is 0.118 e. The summed E-state index contributed by atoms with van der Waals surface area (Å²) in [5, 5.41) is 17.2. The minimum atomic E-state index is 0.592. The van der Waals surface area contributed by atoms with Crippen LogP contribution in [0.5, 0.6) is 5.75 Å². The lowest BCUT2D eigenvalue weighted by atomic mass is 10.1. The summed E-state index contributed by atoms with van der Waals surface area (Å²) in [7, 11) is 1.63. The molecular weight excluding hydrogens is 264 g/mol. The van der Waals surface area contributed by atoms with E-state index in [1.165, 1.54) is 0 Å². The molecule has 0 aliphatic heterocycles. The molecule has 0 aliphatic carbocycles. The number of nitriles is 1. The number of nitrogens with zero attached hydrogens (tertiary/aromatic N) is 4. The Morgan fingerprint density at radius 2 is 1.95 bits per heavy atom. The number of benzene rings is 2. The fourth-order valence-corrected chi connectivity index (χ4v) is 2.00. The van der Waals surface area contributed by atoms with Crippen molar-refractivity contribution >= 4 is 0 Å². The van der Waals surface area contributed by atoms with Crippen LogP contribution >= 0.6 is 0 Å². The Hall–Kier alpha value is -3.13. The van der Waals surface area contributed by atoms with E-state index in [0.717, 1.165) is 22.7 Å². The van der Waals surface area contributed by atoms with Gasteiger partial charge in [0.25, 0.3) is 0 Å². The van der Waals surface area contributed by atoms with Gasteiger partial charge in [-0.25, -0.2) is 4.68 Å². The van der Waals surface area contributed by atoms with Crippen LogP contribution in [0.4, 0.5) is 0 Å². The molecule has 0 unspecified atom stereocenters. The van der Waals surface area contributed by atoms with Gasteiger partial charge in [0.1, 0.15) is 11.4 Å². The standard InChI is InChI=1S/C16H12N4O/c1-21-15-7-5-13(6-8-15)16-11-20(19-18-16)14-4-2-3-12(9-14)10-17/h2-9,11H,1H3. The Labute approximate surface area is 122 Å². The summed E-state index contributed by atoms with van der Waals surface area (Å²) in [5.41, 5.74) is 3.12. The molecule has 5 heteroatoms. The van der Waals surface area contributed by atoms with E-state index < -0.39 is 0 Å². The fraction of sp³-hybridized carbons (Fsp3) is 0.0625. The van der Waals surface area contributed by atoms with Crippen molar-refractivity contribution in [2.75, 3.05) is 7.11 Å². The Bertz CT molecular complexity index is 800. The van der Waals surface area contributed by atoms with E-state index in [-0.39, 0.29) is 0 Å². The first-order valence-electron chi connectivity index (χ1n) is 6.37. The number of rotatable bonds is 3. The molecule has 3 aromatic rings. The molecule has 0 fully saturated rings. The molecule has 0 radical (unpaired) electrons. The van der Waals surface area contributed by atoms with Crippen LogP contribution in [0.15, 0.2) is 54.7 Å². The van der Waals surface area contributed by atoms with Gasteiger partial charge in [-0.2, -0.15) is 5.26 Å². The van der Waals surface area contributed by atoms with E-state index in [2.05, 4.69) is 16.4 Å². The quantitative estimate of drug-likeness (QED) is 0.738. The Morgan fingerprint density at radius 3 is 2.67 bits per heavy atom. The molecule has 0 aliphatic rings. The third-order valence-corrected chi connectivity index (χ3v) is 3.12. The predicted octanol–water partition coefficient (Wildman–Crippen LogP) is 2.81. The van der Waals surface area contributed by atoms with Crippen LogP contribution in [-0.2, 0) is 0 Å². The zero-order valence-electron chi connectivity index (χ0n) is 11.4. The molecular formula is C16H12N4O. The highest BCUT2D eigenvalue weighted by Gasteiger charge is 2.06. The first kappa shape index (κ1) is 12.9. The van der Waals surface area contributed by atoms with Gasteiger partial charge in [-0.1, -0.05) is 11.3 Å². The van der Waals surface area contributed by atoms with Gasteiger partial charge in [0, 0.05) is 5.56 Å². The van der Waals surface area contributed by atoms with Crippen molar-refractivity contribution in [1.29, 1.82) is 5.26 Å². The van der Waals surface area contributed by atoms with Crippen molar-refractivity contribution in [3.8, 4) is 28.8 Å². The van der Waals surface area contributed by atoms with Gasteiger partial charge < -0.3 is 4.74 Å². The third kappa shape index (κ3) is 2.60. The Morgan fingerprint density at radius 1 is 1.14 bits per heavy atom. The molecule has 0 spiro atoms. The maximum atomic E-state index is 8.93. The molecule has 1 aromatic heterocycles. The normalized spacial score (nSPS) is 10.1. The minimum Gasteiger partial charge on any atom is -0.497 e. The molecule has 0 bridgehead atoms. The minimum absolute atomic E-state index is 0.592. The van der Waals surface area contributed by atoms with E-state index in [0.29, 0.717) is 5.56 Å². The topological polar surface area (TPSA) is 63.7 Å². The van der Waals surface area contributed by atoms with Gasteiger partial charge in [0.15, 0.2) is 0 Å². The average molecular weight is 276 g/mol. The number of ether oxygens (including phenoxy) is 1. The summed E-state index contributed by atoms with van der Waals surface area (Å²) in [4.78, 5) is 0. The van der Waals surface area contributed by atoms with Crippen LogP contribution in [0.1, 0.15) is 5.56 Å². The van der Waals surface area contributed by atoms with Gasteiger partial charge in [0.2, 0.25) is 0 Å². The largest absolute Gasteiger partial charge is 0.497 e. The van der Waals surface area contributed by atoms with Crippen LogP contribution in [0.3, 0.4) is 0 Å². The highest BCUT2D eigenvalue weighted by Crippen LogP contribution is 2.21. The molecule has 2 aromatic carbocycles. The molecule has 3 rings (SSSR count). The van der Waals surface area contributed by atoms with Crippen molar-refractivity contribution < 1.29 is 4.74 Å². The molecule has 5 nitrogen and oxygen atoms in total. The Kier molecular flexibility index (Phi) is 3.36. The van der Waals surface area contributed by atoms with Crippen molar-refractivity contribution in [3.63, 3.8) is 0 Å². The van der Waals surface area contributed by atoms with E-state index >= 15 is 0 Å². The van der Waals surface area contributed by atoms with Crippen molar-refractivity contribution in [3.05, 3.63) is 60.3 Å². The average Bonchev–Trinajstić information content (AvgIpc) is 3.05. The summed E-state index contributed by atoms with van der Waals surface area (Å²) in [6.45, 7) is 0. The lowest BCUT2D eigenvalue weighted by Crippen LogP contribution is -1.94. The van der Waals surface area contributed by atoms with Gasteiger partial charge in [-0.15, -0.1) is 5.10 Å². The van der Waals surface area contributed by atoms with Crippen LogP contribution in [0.2, 0.25) is 0 Å². The van der Waals surface area contributed by atoms with Crippen LogP contribution in [0.25, 0.3) is 16.9 Å². The van der Waals surface area contributed by atoms with Crippen LogP contribution in [0, 0.1) is 11.3 Å². The molecule has 21 heavy (non-hydrogen) atoms. The van der Waals surface area contributed by atoms with Crippen molar-refractivity contribution in [1.82, 2.24) is 15.0 Å². The number of aromatic nitrogens is 3. The van der Waals surface area contributed by atoms with E-state index in [9.17, 15) is 0 Å². The lowest BCUT2D eigenvalue weighted by Gasteiger charge is -2.00. The Balaban J connectivity index is 1.93. The summed E-state index contributed by atoms with van der Waals surface area (Å²) in [6, 6.07) is 17.0. The second kappa shape index (κ2) is 5.47. The highest BCUT2D eigenvalue weighted by atomic mass is 16.5. The molecule has 0 atom stereocenters.